The fourth-order valence-corrected chi connectivity index (χ4v) is 0.578. The molecule has 0 amide bonds. The van der Waals surface area contributed by atoms with E-state index in [2.05, 4.69) is 13.8 Å². The second-order valence-corrected chi connectivity index (χ2v) is 3.01. The number of rotatable bonds is 4. The second-order valence-electron chi connectivity index (χ2n) is 3.01. The van der Waals surface area contributed by atoms with Gasteiger partial charge >= 0.3 is 0 Å². The van der Waals surface area contributed by atoms with Crippen LogP contribution in [0.2, 0.25) is 0 Å². The Bertz CT molecular complexity index is 143. The van der Waals surface area contributed by atoms with Gasteiger partial charge in [0.25, 0.3) is 0 Å². The molecule has 0 aromatic heterocycles. The summed E-state index contributed by atoms with van der Waals surface area (Å²) in [6.45, 7) is 9.06. The summed E-state index contributed by atoms with van der Waals surface area (Å²) in [5.74, 6) is 1.58. The molecule has 0 aliphatic carbocycles. The molecule has 0 aromatic rings. The number of hydrogen-bond donors (Lipinski definition) is 0. The molecular weight excluding hydrogens is 136 g/mol. The van der Waals surface area contributed by atoms with E-state index in [1.807, 2.05) is 32.1 Å². The van der Waals surface area contributed by atoms with Crippen LogP contribution in [-0.4, -0.2) is 6.61 Å². The lowest BCUT2D eigenvalue weighted by atomic mass is 10.2. The van der Waals surface area contributed by atoms with E-state index in [1.165, 1.54) is 0 Å². The van der Waals surface area contributed by atoms with Crippen molar-refractivity contribution in [1.82, 2.24) is 0 Å². The van der Waals surface area contributed by atoms with E-state index in [-0.39, 0.29) is 0 Å². The Balaban J connectivity index is 3.59. The van der Waals surface area contributed by atoms with Crippen molar-refractivity contribution in [3.63, 3.8) is 0 Å². The standard InChI is InChI=1S/C10H18O/c1-5-6-7-10(4)11-8-9(2)3/h5-7,9H,8H2,1-4H3/b6-5-,10-7+. The molecule has 1 nitrogen and oxygen atoms in total. The molecule has 0 bridgehead atoms. The third kappa shape index (κ3) is 7.17. The van der Waals surface area contributed by atoms with E-state index < -0.39 is 0 Å². The first-order valence-corrected chi connectivity index (χ1v) is 4.09. The number of allylic oxidation sites excluding steroid dienone is 4. The molecule has 0 rings (SSSR count). The van der Waals surface area contributed by atoms with Crippen LogP contribution in [0.25, 0.3) is 0 Å². The van der Waals surface area contributed by atoms with Gasteiger partial charge in [-0.15, -0.1) is 0 Å². The highest BCUT2D eigenvalue weighted by molar-refractivity contribution is 5.04. The molecule has 0 aliphatic heterocycles. The zero-order chi connectivity index (χ0) is 8.69. The highest BCUT2D eigenvalue weighted by Crippen LogP contribution is 2.00. The zero-order valence-electron chi connectivity index (χ0n) is 7.92. The van der Waals surface area contributed by atoms with Gasteiger partial charge in [-0.25, -0.2) is 0 Å². The largest absolute Gasteiger partial charge is 0.498 e. The van der Waals surface area contributed by atoms with Crippen molar-refractivity contribution < 1.29 is 4.74 Å². The van der Waals surface area contributed by atoms with Crippen molar-refractivity contribution in [3.05, 3.63) is 24.0 Å². The van der Waals surface area contributed by atoms with Crippen molar-refractivity contribution in [2.45, 2.75) is 27.7 Å². The van der Waals surface area contributed by atoms with Gasteiger partial charge in [-0.3, -0.25) is 0 Å². The van der Waals surface area contributed by atoms with E-state index in [0.29, 0.717) is 5.92 Å². The summed E-state index contributed by atoms with van der Waals surface area (Å²) in [7, 11) is 0. The van der Waals surface area contributed by atoms with Crippen LogP contribution in [0.1, 0.15) is 27.7 Å². The third-order valence-corrected chi connectivity index (χ3v) is 1.17. The van der Waals surface area contributed by atoms with Crippen LogP contribution in [0.3, 0.4) is 0 Å². The fourth-order valence-electron chi connectivity index (χ4n) is 0.578. The normalized spacial score (nSPS) is 13.0. The molecule has 0 saturated carbocycles. The number of ether oxygens (including phenoxy) is 1. The van der Waals surface area contributed by atoms with Gasteiger partial charge in [0.1, 0.15) is 0 Å². The van der Waals surface area contributed by atoms with Crippen molar-refractivity contribution in [1.29, 1.82) is 0 Å². The predicted molar refractivity (Wildman–Crippen MR) is 49.4 cm³/mol. The van der Waals surface area contributed by atoms with E-state index >= 15 is 0 Å². The molecule has 1 heteroatoms. The summed E-state index contributed by atoms with van der Waals surface area (Å²) in [6.07, 6.45) is 5.94. The molecule has 11 heavy (non-hydrogen) atoms. The second kappa shape index (κ2) is 6.02. The summed E-state index contributed by atoms with van der Waals surface area (Å²) in [4.78, 5) is 0. The molecule has 0 heterocycles. The maximum atomic E-state index is 5.42. The minimum Gasteiger partial charge on any atom is -0.498 e. The highest BCUT2D eigenvalue weighted by atomic mass is 16.5. The monoisotopic (exact) mass is 154 g/mol. The van der Waals surface area contributed by atoms with Crippen LogP contribution in [-0.2, 0) is 4.74 Å². The Kier molecular flexibility index (Phi) is 5.63. The minimum absolute atomic E-state index is 0.601. The predicted octanol–water partition coefficient (Wildman–Crippen LogP) is 3.14. The molecule has 0 aromatic carbocycles. The molecule has 0 N–H and O–H groups in total. The molecule has 64 valence electrons. The van der Waals surface area contributed by atoms with Crippen LogP contribution >= 0.6 is 0 Å². The van der Waals surface area contributed by atoms with Gasteiger partial charge in [0.2, 0.25) is 0 Å². The summed E-state index contributed by atoms with van der Waals surface area (Å²) in [6, 6.07) is 0. The SMILES string of the molecule is C/C=C\C=C(/C)OCC(C)C. The maximum absolute atomic E-state index is 5.42. The van der Waals surface area contributed by atoms with Crippen LogP contribution in [0, 0.1) is 5.92 Å². The smallest absolute Gasteiger partial charge is 0.0928 e. The van der Waals surface area contributed by atoms with Gasteiger partial charge in [-0.05, 0) is 25.8 Å². The molecule has 0 saturated heterocycles. The van der Waals surface area contributed by atoms with Gasteiger partial charge in [-0.1, -0.05) is 26.0 Å². The maximum Gasteiger partial charge on any atom is 0.0928 e. The van der Waals surface area contributed by atoms with Gasteiger partial charge in [-0.2, -0.15) is 0 Å². The Labute approximate surface area is 69.8 Å². The third-order valence-electron chi connectivity index (χ3n) is 1.17. The number of hydrogen-bond acceptors (Lipinski definition) is 1. The summed E-state index contributed by atoms with van der Waals surface area (Å²) in [5.41, 5.74) is 0. The van der Waals surface area contributed by atoms with Gasteiger partial charge in [0.05, 0.1) is 12.4 Å². The van der Waals surface area contributed by atoms with Crippen LogP contribution < -0.4 is 0 Å². The average Bonchev–Trinajstić information content (AvgIpc) is 1.97. The lowest BCUT2D eigenvalue weighted by molar-refractivity contribution is 0.181. The van der Waals surface area contributed by atoms with Crippen LogP contribution in [0.4, 0.5) is 0 Å². The van der Waals surface area contributed by atoms with Crippen LogP contribution in [0.15, 0.2) is 24.0 Å². The lowest BCUT2D eigenvalue weighted by Crippen LogP contribution is -1.99. The zero-order valence-corrected chi connectivity index (χ0v) is 7.92. The van der Waals surface area contributed by atoms with E-state index in [9.17, 15) is 0 Å². The quantitative estimate of drug-likeness (QED) is 0.446. The highest BCUT2D eigenvalue weighted by Gasteiger charge is 1.92. The van der Waals surface area contributed by atoms with Crippen molar-refractivity contribution in [2.24, 2.45) is 5.92 Å². The average molecular weight is 154 g/mol. The van der Waals surface area contributed by atoms with Gasteiger partial charge in [0.15, 0.2) is 0 Å². The molecule has 0 radical (unpaired) electrons. The first-order valence-electron chi connectivity index (χ1n) is 4.09. The molecule has 0 unspecified atom stereocenters. The summed E-state index contributed by atoms with van der Waals surface area (Å²) >= 11 is 0. The Morgan fingerprint density at radius 3 is 2.55 bits per heavy atom. The lowest BCUT2D eigenvalue weighted by Gasteiger charge is -2.07. The Hall–Kier alpha value is -0.720. The van der Waals surface area contributed by atoms with Crippen molar-refractivity contribution in [3.8, 4) is 0 Å². The molecule has 0 fully saturated rings. The molecule has 0 aliphatic rings. The molecule has 0 spiro atoms. The first kappa shape index (κ1) is 10.3. The van der Waals surface area contributed by atoms with Gasteiger partial charge < -0.3 is 4.74 Å². The fraction of sp³-hybridized carbons (Fsp3) is 0.600. The Morgan fingerprint density at radius 1 is 1.45 bits per heavy atom. The molecule has 0 atom stereocenters. The Morgan fingerprint density at radius 2 is 2.09 bits per heavy atom. The minimum atomic E-state index is 0.601. The van der Waals surface area contributed by atoms with Crippen molar-refractivity contribution >= 4 is 0 Å². The van der Waals surface area contributed by atoms with E-state index in [1.54, 1.807) is 0 Å². The van der Waals surface area contributed by atoms with Crippen LogP contribution in [0.5, 0.6) is 0 Å². The van der Waals surface area contributed by atoms with E-state index in [4.69, 9.17) is 4.74 Å². The molecular formula is C10H18O. The van der Waals surface area contributed by atoms with Crippen molar-refractivity contribution in [2.75, 3.05) is 6.61 Å². The van der Waals surface area contributed by atoms with E-state index in [0.717, 1.165) is 12.4 Å². The van der Waals surface area contributed by atoms with Gasteiger partial charge in [0, 0.05) is 0 Å². The summed E-state index contributed by atoms with van der Waals surface area (Å²) in [5, 5.41) is 0. The summed E-state index contributed by atoms with van der Waals surface area (Å²) < 4.78 is 5.42. The topological polar surface area (TPSA) is 9.23 Å². The first-order chi connectivity index (χ1) is 5.16.